The van der Waals surface area contributed by atoms with Crippen LogP contribution in [-0.2, 0) is 6.54 Å². The van der Waals surface area contributed by atoms with Crippen LogP contribution in [0.5, 0.6) is 5.75 Å². The van der Waals surface area contributed by atoms with Crippen molar-refractivity contribution in [3.05, 3.63) is 60.2 Å². The Balaban J connectivity index is 1.42. The summed E-state index contributed by atoms with van der Waals surface area (Å²) in [5.74, 6) is 2.47. The van der Waals surface area contributed by atoms with Crippen molar-refractivity contribution in [2.75, 3.05) is 20.2 Å². The lowest BCUT2D eigenvalue weighted by molar-refractivity contribution is 0.186. The normalized spacial score (nSPS) is 18.0. The van der Waals surface area contributed by atoms with Gasteiger partial charge in [0.05, 0.1) is 13.0 Å². The number of rotatable bonds is 5. The minimum atomic E-state index is 0.282. The first-order valence-electron chi connectivity index (χ1n) is 8.91. The monoisotopic (exact) mass is 350 g/mol. The van der Waals surface area contributed by atoms with Gasteiger partial charge in [0, 0.05) is 31.0 Å². The van der Waals surface area contributed by atoms with E-state index in [-0.39, 0.29) is 5.92 Å². The summed E-state index contributed by atoms with van der Waals surface area (Å²) in [6, 6.07) is 12.0. The number of likely N-dealkylation sites (tertiary alicyclic amines) is 1. The molecule has 1 aliphatic rings. The zero-order chi connectivity index (χ0) is 17.8. The maximum Gasteiger partial charge on any atom is 0.247 e. The maximum absolute atomic E-state index is 5.94. The Morgan fingerprint density at radius 3 is 2.69 bits per heavy atom. The van der Waals surface area contributed by atoms with Crippen LogP contribution in [-0.4, -0.2) is 40.3 Å². The summed E-state index contributed by atoms with van der Waals surface area (Å²) in [4.78, 5) is 6.47. The molecule has 0 amide bonds. The maximum atomic E-state index is 5.94. The Morgan fingerprint density at radius 2 is 1.92 bits per heavy atom. The van der Waals surface area contributed by atoms with E-state index in [2.05, 4.69) is 32.2 Å². The van der Waals surface area contributed by atoms with Crippen LogP contribution in [0.3, 0.4) is 0 Å². The molecule has 2 aromatic heterocycles. The predicted octanol–water partition coefficient (Wildman–Crippen LogP) is 3.52. The highest BCUT2D eigenvalue weighted by Crippen LogP contribution is 2.29. The lowest BCUT2D eigenvalue weighted by Gasteiger charge is -2.31. The van der Waals surface area contributed by atoms with E-state index in [9.17, 15) is 0 Å². The van der Waals surface area contributed by atoms with Crippen LogP contribution >= 0.6 is 0 Å². The van der Waals surface area contributed by atoms with E-state index in [0.29, 0.717) is 5.89 Å². The van der Waals surface area contributed by atoms with Crippen LogP contribution in [0.4, 0.5) is 0 Å². The minimum absolute atomic E-state index is 0.282. The van der Waals surface area contributed by atoms with Gasteiger partial charge in [-0.1, -0.05) is 12.1 Å². The molecule has 26 heavy (non-hydrogen) atoms. The van der Waals surface area contributed by atoms with E-state index in [1.807, 2.05) is 24.3 Å². The molecule has 0 saturated carbocycles. The fourth-order valence-electron chi connectivity index (χ4n) is 3.40. The standard InChI is InChI=1S/C20H22N4O2/c1-25-18-6-4-15(5-7-18)13-24-12-2-3-17(14-24)20-23-22-19(26-20)16-8-10-21-11-9-16/h4-11,17H,2-3,12-14H2,1H3/t17-/m0/s1. The molecule has 0 radical (unpaired) electrons. The molecule has 1 aromatic carbocycles. The van der Waals surface area contributed by atoms with Crippen LogP contribution in [0.2, 0.25) is 0 Å². The third-order valence-electron chi connectivity index (χ3n) is 4.79. The van der Waals surface area contributed by atoms with Crippen molar-refractivity contribution in [3.63, 3.8) is 0 Å². The van der Waals surface area contributed by atoms with Gasteiger partial charge in [-0.3, -0.25) is 9.88 Å². The number of methoxy groups -OCH3 is 1. The highest BCUT2D eigenvalue weighted by molar-refractivity contribution is 5.50. The van der Waals surface area contributed by atoms with Gasteiger partial charge in [0.15, 0.2) is 0 Å². The number of pyridine rings is 1. The average molecular weight is 350 g/mol. The second kappa shape index (κ2) is 7.66. The van der Waals surface area contributed by atoms with E-state index < -0.39 is 0 Å². The molecule has 134 valence electrons. The van der Waals surface area contributed by atoms with E-state index in [0.717, 1.165) is 49.7 Å². The highest BCUT2D eigenvalue weighted by Gasteiger charge is 2.26. The lowest BCUT2D eigenvalue weighted by Crippen LogP contribution is -2.34. The van der Waals surface area contributed by atoms with E-state index >= 15 is 0 Å². The first-order valence-corrected chi connectivity index (χ1v) is 8.91. The summed E-state index contributed by atoms with van der Waals surface area (Å²) in [5.41, 5.74) is 2.19. The molecule has 6 heteroatoms. The molecular formula is C20H22N4O2. The quantitative estimate of drug-likeness (QED) is 0.701. The molecule has 4 rings (SSSR count). The number of piperidine rings is 1. The average Bonchev–Trinajstić information content (AvgIpc) is 3.20. The highest BCUT2D eigenvalue weighted by atomic mass is 16.5. The number of nitrogens with zero attached hydrogens (tertiary/aromatic N) is 4. The molecule has 0 N–H and O–H groups in total. The number of benzene rings is 1. The molecule has 0 bridgehead atoms. The Labute approximate surface area is 152 Å². The van der Waals surface area contributed by atoms with Crippen molar-refractivity contribution in [1.82, 2.24) is 20.1 Å². The molecule has 6 nitrogen and oxygen atoms in total. The van der Waals surface area contributed by atoms with Crippen LogP contribution in [0, 0.1) is 0 Å². The Morgan fingerprint density at radius 1 is 1.12 bits per heavy atom. The minimum Gasteiger partial charge on any atom is -0.497 e. The van der Waals surface area contributed by atoms with Crippen molar-refractivity contribution in [3.8, 4) is 17.2 Å². The van der Waals surface area contributed by atoms with Crippen molar-refractivity contribution in [1.29, 1.82) is 0 Å². The molecule has 3 heterocycles. The van der Waals surface area contributed by atoms with Gasteiger partial charge in [0.1, 0.15) is 5.75 Å². The molecule has 1 atom stereocenters. The van der Waals surface area contributed by atoms with Crippen molar-refractivity contribution in [2.45, 2.75) is 25.3 Å². The van der Waals surface area contributed by atoms with E-state index in [4.69, 9.17) is 9.15 Å². The number of hydrogen-bond donors (Lipinski definition) is 0. The van der Waals surface area contributed by atoms with Gasteiger partial charge in [0.25, 0.3) is 0 Å². The molecular weight excluding hydrogens is 328 g/mol. The second-order valence-electron chi connectivity index (χ2n) is 6.60. The van der Waals surface area contributed by atoms with E-state index in [1.165, 1.54) is 5.56 Å². The second-order valence-corrected chi connectivity index (χ2v) is 6.60. The number of aromatic nitrogens is 3. The van der Waals surface area contributed by atoms with Crippen LogP contribution in [0.15, 0.2) is 53.2 Å². The molecule has 3 aromatic rings. The largest absolute Gasteiger partial charge is 0.497 e. The zero-order valence-electron chi connectivity index (χ0n) is 14.8. The number of ether oxygens (including phenoxy) is 1. The van der Waals surface area contributed by atoms with Gasteiger partial charge in [-0.15, -0.1) is 10.2 Å². The smallest absolute Gasteiger partial charge is 0.247 e. The molecule has 0 spiro atoms. The van der Waals surface area contributed by atoms with E-state index in [1.54, 1.807) is 19.5 Å². The number of hydrogen-bond acceptors (Lipinski definition) is 6. The van der Waals surface area contributed by atoms with Gasteiger partial charge in [-0.05, 0) is 49.2 Å². The molecule has 0 aliphatic carbocycles. The molecule has 1 fully saturated rings. The van der Waals surface area contributed by atoms with Crippen molar-refractivity contribution < 1.29 is 9.15 Å². The SMILES string of the molecule is COc1ccc(CN2CCC[C@H](c3nnc(-c4ccncc4)o3)C2)cc1. The molecule has 1 saturated heterocycles. The Hall–Kier alpha value is -2.73. The summed E-state index contributed by atoms with van der Waals surface area (Å²) in [6.07, 6.45) is 5.68. The lowest BCUT2D eigenvalue weighted by atomic mass is 9.97. The molecule has 1 aliphatic heterocycles. The topological polar surface area (TPSA) is 64.3 Å². The third kappa shape index (κ3) is 3.75. The zero-order valence-corrected chi connectivity index (χ0v) is 14.8. The molecule has 0 unspecified atom stereocenters. The summed E-state index contributed by atoms with van der Waals surface area (Å²) in [7, 11) is 1.69. The Bertz CT molecular complexity index is 833. The van der Waals surface area contributed by atoms with Gasteiger partial charge >= 0.3 is 0 Å². The van der Waals surface area contributed by atoms with Gasteiger partial charge in [-0.2, -0.15) is 0 Å². The summed E-state index contributed by atoms with van der Waals surface area (Å²) >= 11 is 0. The Kier molecular flexibility index (Phi) is 4.93. The van der Waals surface area contributed by atoms with Gasteiger partial charge in [-0.25, -0.2) is 0 Å². The van der Waals surface area contributed by atoms with Gasteiger partial charge in [0.2, 0.25) is 11.8 Å². The predicted molar refractivity (Wildman–Crippen MR) is 97.8 cm³/mol. The van der Waals surface area contributed by atoms with Crippen molar-refractivity contribution >= 4 is 0 Å². The van der Waals surface area contributed by atoms with Gasteiger partial charge < -0.3 is 9.15 Å². The first-order chi connectivity index (χ1) is 12.8. The van der Waals surface area contributed by atoms with Crippen LogP contribution in [0.1, 0.15) is 30.2 Å². The fraction of sp³-hybridized carbons (Fsp3) is 0.350. The van der Waals surface area contributed by atoms with Crippen molar-refractivity contribution in [2.24, 2.45) is 0 Å². The van der Waals surface area contributed by atoms with Crippen LogP contribution < -0.4 is 4.74 Å². The fourth-order valence-corrected chi connectivity index (χ4v) is 3.40. The summed E-state index contributed by atoms with van der Waals surface area (Å²) < 4.78 is 11.2. The third-order valence-corrected chi connectivity index (χ3v) is 4.79. The van der Waals surface area contributed by atoms with Crippen LogP contribution in [0.25, 0.3) is 11.5 Å². The summed E-state index contributed by atoms with van der Waals surface area (Å²) in [5, 5.41) is 8.51. The first kappa shape index (κ1) is 16.7. The summed E-state index contributed by atoms with van der Waals surface area (Å²) in [6.45, 7) is 2.95.